The summed E-state index contributed by atoms with van der Waals surface area (Å²) in [5.41, 5.74) is 2.08. The first-order chi connectivity index (χ1) is 12.4. The molecule has 2 unspecified atom stereocenters. The SMILES string of the molecule is Cc1[nH]c(=O)c(C#N)c(C)c1CCC(=O)N1CCOC2CCN(C)CC21. The van der Waals surface area contributed by atoms with Crippen molar-refractivity contribution in [3.63, 3.8) is 0 Å². The molecule has 1 aromatic rings. The topological polar surface area (TPSA) is 89.4 Å². The van der Waals surface area contributed by atoms with E-state index in [-0.39, 0.29) is 29.2 Å². The number of nitrogens with one attached hydrogen (secondary N) is 1. The fraction of sp³-hybridized carbons (Fsp3) is 0.632. The summed E-state index contributed by atoms with van der Waals surface area (Å²) < 4.78 is 5.86. The number of aromatic amines is 1. The summed E-state index contributed by atoms with van der Waals surface area (Å²) in [6.07, 6.45) is 1.97. The maximum atomic E-state index is 12.9. The Morgan fingerprint density at radius 2 is 2.15 bits per heavy atom. The highest BCUT2D eigenvalue weighted by Gasteiger charge is 2.38. The molecule has 26 heavy (non-hydrogen) atoms. The van der Waals surface area contributed by atoms with Gasteiger partial charge >= 0.3 is 0 Å². The van der Waals surface area contributed by atoms with Gasteiger partial charge < -0.3 is 19.5 Å². The Hall–Kier alpha value is -2.17. The van der Waals surface area contributed by atoms with Crippen LogP contribution in [0.2, 0.25) is 0 Å². The molecule has 140 valence electrons. The van der Waals surface area contributed by atoms with E-state index in [1.54, 1.807) is 6.92 Å². The zero-order valence-corrected chi connectivity index (χ0v) is 15.7. The summed E-state index contributed by atoms with van der Waals surface area (Å²) in [4.78, 5) is 31.7. The number of aryl methyl sites for hydroxylation is 1. The number of piperidine rings is 1. The number of hydrogen-bond donors (Lipinski definition) is 1. The minimum Gasteiger partial charge on any atom is -0.374 e. The molecule has 3 heterocycles. The van der Waals surface area contributed by atoms with Gasteiger partial charge in [0.2, 0.25) is 5.91 Å². The molecule has 0 radical (unpaired) electrons. The van der Waals surface area contributed by atoms with Crippen LogP contribution in [0.15, 0.2) is 4.79 Å². The molecule has 0 bridgehead atoms. The molecular weight excluding hydrogens is 332 g/mol. The van der Waals surface area contributed by atoms with Crippen LogP contribution in [0, 0.1) is 25.2 Å². The lowest BCUT2D eigenvalue weighted by molar-refractivity contribution is -0.151. The molecule has 3 rings (SSSR count). The van der Waals surface area contributed by atoms with Crippen molar-refractivity contribution in [3.05, 3.63) is 32.7 Å². The number of likely N-dealkylation sites (N-methyl/N-ethyl adjacent to an activating group) is 1. The fourth-order valence-electron chi connectivity index (χ4n) is 4.14. The molecule has 0 aromatic carbocycles. The van der Waals surface area contributed by atoms with Crippen molar-refractivity contribution in [1.29, 1.82) is 5.26 Å². The molecule has 1 aromatic heterocycles. The number of aromatic nitrogens is 1. The van der Waals surface area contributed by atoms with Crippen LogP contribution in [0.3, 0.4) is 0 Å². The number of fused-ring (bicyclic) bond motifs is 1. The minimum absolute atomic E-state index is 0.113. The molecule has 7 nitrogen and oxygen atoms in total. The second-order valence-corrected chi connectivity index (χ2v) is 7.28. The van der Waals surface area contributed by atoms with Gasteiger partial charge in [-0.05, 0) is 44.9 Å². The quantitative estimate of drug-likeness (QED) is 0.860. The molecule has 1 N–H and O–H groups in total. The second-order valence-electron chi connectivity index (χ2n) is 7.28. The number of carbonyl (C=O) groups is 1. The summed E-state index contributed by atoms with van der Waals surface area (Å²) in [5.74, 6) is 0.113. The smallest absolute Gasteiger partial charge is 0.266 e. The lowest BCUT2D eigenvalue weighted by Crippen LogP contribution is -2.60. The van der Waals surface area contributed by atoms with E-state index < -0.39 is 0 Å². The normalized spacial score (nSPS) is 23.4. The maximum Gasteiger partial charge on any atom is 0.266 e. The molecule has 2 saturated heterocycles. The number of ether oxygens (including phenoxy) is 1. The van der Waals surface area contributed by atoms with E-state index in [1.807, 2.05) is 17.9 Å². The number of amides is 1. The lowest BCUT2D eigenvalue weighted by Gasteiger charge is -2.46. The lowest BCUT2D eigenvalue weighted by atomic mass is 9.96. The van der Waals surface area contributed by atoms with Gasteiger partial charge in [-0.2, -0.15) is 5.26 Å². The molecule has 7 heteroatoms. The van der Waals surface area contributed by atoms with E-state index >= 15 is 0 Å². The van der Waals surface area contributed by atoms with Gasteiger partial charge in [-0.15, -0.1) is 0 Å². The zero-order chi connectivity index (χ0) is 18.8. The Balaban J connectivity index is 1.73. The van der Waals surface area contributed by atoms with Gasteiger partial charge in [0.1, 0.15) is 11.6 Å². The Morgan fingerprint density at radius 1 is 1.38 bits per heavy atom. The second kappa shape index (κ2) is 7.60. The van der Waals surface area contributed by atoms with Crippen LogP contribution in [-0.4, -0.2) is 66.1 Å². The van der Waals surface area contributed by atoms with E-state index in [4.69, 9.17) is 4.74 Å². The zero-order valence-electron chi connectivity index (χ0n) is 15.7. The van der Waals surface area contributed by atoms with Crippen molar-refractivity contribution in [2.45, 2.75) is 45.3 Å². The molecule has 2 aliphatic rings. The first-order valence-corrected chi connectivity index (χ1v) is 9.14. The summed E-state index contributed by atoms with van der Waals surface area (Å²) in [6.45, 7) is 6.64. The molecule has 0 saturated carbocycles. The predicted molar refractivity (Wildman–Crippen MR) is 96.9 cm³/mol. The highest BCUT2D eigenvalue weighted by Crippen LogP contribution is 2.24. The molecule has 1 amide bonds. The standard InChI is InChI=1S/C19H26N4O3/c1-12-14(13(2)21-19(25)15(12)10-20)4-5-18(24)23-8-9-26-17-6-7-22(3)11-16(17)23/h16-17H,4-9,11H2,1-3H3,(H,21,25). The van der Waals surface area contributed by atoms with Crippen molar-refractivity contribution >= 4 is 5.91 Å². The molecule has 0 aliphatic carbocycles. The van der Waals surface area contributed by atoms with Gasteiger partial charge in [-0.3, -0.25) is 9.59 Å². The fourth-order valence-corrected chi connectivity index (χ4v) is 4.14. The van der Waals surface area contributed by atoms with Crippen LogP contribution in [0.5, 0.6) is 0 Å². The Bertz CT molecular complexity index is 795. The van der Waals surface area contributed by atoms with E-state index in [9.17, 15) is 14.9 Å². The summed E-state index contributed by atoms with van der Waals surface area (Å²) in [7, 11) is 2.07. The molecule has 2 fully saturated rings. The van der Waals surface area contributed by atoms with Crippen LogP contribution in [0.1, 0.15) is 35.2 Å². The summed E-state index contributed by atoms with van der Waals surface area (Å²) >= 11 is 0. The van der Waals surface area contributed by atoms with Crippen LogP contribution >= 0.6 is 0 Å². The average molecular weight is 358 g/mol. The van der Waals surface area contributed by atoms with Crippen molar-refractivity contribution in [2.24, 2.45) is 0 Å². The van der Waals surface area contributed by atoms with Crippen LogP contribution in [0.4, 0.5) is 0 Å². The van der Waals surface area contributed by atoms with Gasteiger partial charge in [0.15, 0.2) is 0 Å². The predicted octanol–water partition coefficient (Wildman–Crippen LogP) is 0.728. The third-order valence-electron chi connectivity index (χ3n) is 5.62. The summed E-state index contributed by atoms with van der Waals surface area (Å²) in [6, 6.07) is 2.08. The number of H-pyrrole nitrogens is 1. The number of morpholine rings is 1. The number of nitrogens with zero attached hydrogens (tertiary/aromatic N) is 3. The van der Waals surface area contributed by atoms with Gasteiger partial charge in [-0.25, -0.2) is 0 Å². The van der Waals surface area contributed by atoms with Crippen LogP contribution in [-0.2, 0) is 16.0 Å². The maximum absolute atomic E-state index is 12.9. The van der Waals surface area contributed by atoms with Crippen molar-refractivity contribution < 1.29 is 9.53 Å². The first kappa shape index (κ1) is 18.6. The number of hydrogen-bond acceptors (Lipinski definition) is 5. The summed E-state index contributed by atoms with van der Waals surface area (Å²) in [5, 5.41) is 9.19. The average Bonchev–Trinajstić information content (AvgIpc) is 2.60. The number of nitriles is 1. The highest BCUT2D eigenvalue weighted by molar-refractivity contribution is 5.77. The van der Waals surface area contributed by atoms with Crippen molar-refractivity contribution in [3.8, 4) is 6.07 Å². The molecule has 2 aliphatic heterocycles. The Kier molecular flexibility index (Phi) is 5.44. The van der Waals surface area contributed by atoms with Crippen molar-refractivity contribution in [1.82, 2.24) is 14.8 Å². The van der Waals surface area contributed by atoms with E-state index in [1.165, 1.54) is 0 Å². The molecular formula is C19H26N4O3. The number of pyridine rings is 1. The van der Waals surface area contributed by atoms with Crippen LogP contribution in [0.25, 0.3) is 0 Å². The third-order valence-corrected chi connectivity index (χ3v) is 5.62. The van der Waals surface area contributed by atoms with Gasteiger partial charge in [0.05, 0.1) is 18.8 Å². The monoisotopic (exact) mass is 358 g/mol. The third kappa shape index (κ3) is 3.53. The highest BCUT2D eigenvalue weighted by atomic mass is 16.5. The number of likely N-dealkylation sites (tertiary alicyclic amines) is 1. The largest absolute Gasteiger partial charge is 0.374 e. The molecule has 0 spiro atoms. The van der Waals surface area contributed by atoms with E-state index in [0.717, 1.165) is 30.8 Å². The van der Waals surface area contributed by atoms with Crippen molar-refractivity contribution in [2.75, 3.05) is 33.3 Å². The Morgan fingerprint density at radius 3 is 2.88 bits per heavy atom. The van der Waals surface area contributed by atoms with Gasteiger partial charge in [-0.1, -0.05) is 0 Å². The van der Waals surface area contributed by atoms with E-state index in [2.05, 4.69) is 16.9 Å². The Labute approximate surface area is 153 Å². The minimum atomic E-state index is -0.362. The number of rotatable bonds is 3. The first-order valence-electron chi connectivity index (χ1n) is 9.14. The van der Waals surface area contributed by atoms with E-state index in [0.29, 0.717) is 31.6 Å². The number of carbonyl (C=O) groups excluding carboxylic acids is 1. The van der Waals surface area contributed by atoms with Crippen LogP contribution < -0.4 is 5.56 Å². The van der Waals surface area contributed by atoms with Gasteiger partial charge in [0.25, 0.3) is 5.56 Å². The molecule has 2 atom stereocenters. The van der Waals surface area contributed by atoms with Gasteiger partial charge in [0, 0.05) is 31.7 Å².